The van der Waals surface area contributed by atoms with E-state index in [9.17, 15) is 0 Å². The van der Waals surface area contributed by atoms with E-state index < -0.39 is 0 Å². The van der Waals surface area contributed by atoms with Crippen molar-refractivity contribution in [3.63, 3.8) is 0 Å². The number of nitrogens with two attached hydrogens (primary N) is 1. The molecular weight excluding hydrogens is 254 g/mol. The molecule has 2 aromatic rings. The van der Waals surface area contributed by atoms with Crippen LogP contribution in [0.1, 0.15) is 45.6 Å². The van der Waals surface area contributed by atoms with Crippen molar-refractivity contribution in [1.29, 1.82) is 0 Å². The van der Waals surface area contributed by atoms with E-state index in [1.807, 2.05) is 0 Å². The molecule has 3 rings (SSSR count). The molecule has 2 aromatic carbocycles. The first kappa shape index (κ1) is 14.6. The molecular formula is C20H27N. The van der Waals surface area contributed by atoms with Gasteiger partial charge in [-0.3, -0.25) is 0 Å². The quantitative estimate of drug-likeness (QED) is 0.834. The van der Waals surface area contributed by atoms with Gasteiger partial charge in [0.1, 0.15) is 0 Å². The van der Waals surface area contributed by atoms with Gasteiger partial charge in [0.05, 0.1) is 0 Å². The van der Waals surface area contributed by atoms with E-state index >= 15 is 0 Å². The Morgan fingerprint density at radius 3 is 2.43 bits per heavy atom. The van der Waals surface area contributed by atoms with Gasteiger partial charge in [0, 0.05) is 6.04 Å². The molecule has 0 radical (unpaired) electrons. The van der Waals surface area contributed by atoms with Crippen LogP contribution in [0.25, 0.3) is 10.8 Å². The third-order valence-electron chi connectivity index (χ3n) is 5.58. The Bertz CT molecular complexity index is 629. The highest BCUT2D eigenvalue weighted by Crippen LogP contribution is 2.42. The number of benzene rings is 2. The lowest BCUT2D eigenvalue weighted by molar-refractivity contribution is 0.171. The molecule has 0 amide bonds. The molecule has 0 aromatic heterocycles. The topological polar surface area (TPSA) is 26.0 Å². The first-order valence-electron chi connectivity index (χ1n) is 8.23. The monoisotopic (exact) mass is 281 g/mol. The van der Waals surface area contributed by atoms with E-state index in [1.54, 1.807) is 0 Å². The Balaban J connectivity index is 1.95. The fraction of sp³-hybridized carbons (Fsp3) is 0.500. The molecule has 1 heteroatoms. The summed E-state index contributed by atoms with van der Waals surface area (Å²) in [5, 5.41) is 2.65. The molecule has 3 unspecified atom stereocenters. The largest absolute Gasteiger partial charge is 0.327 e. The van der Waals surface area contributed by atoms with Crippen molar-refractivity contribution in [2.75, 3.05) is 0 Å². The SMILES string of the molecule is CC1CCC(C(C)(C)c2ccc3ccccc3c2)C(N)C1. The van der Waals surface area contributed by atoms with Crippen molar-refractivity contribution in [2.24, 2.45) is 17.6 Å². The van der Waals surface area contributed by atoms with Crippen LogP contribution in [0.15, 0.2) is 42.5 Å². The van der Waals surface area contributed by atoms with Gasteiger partial charge in [-0.15, -0.1) is 0 Å². The molecule has 3 atom stereocenters. The van der Waals surface area contributed by atoms with Crippen molar-refractivity contribution >= 4 is 10.8 Å². The van der Waals surface area contributed by atoms with Crippen molar-refractivity contribution in [1.82, 2.24) is 0 Å². The third kappa shape index (κ3) is 2.72. The van der Waals surface area contributed by atoms with E-state index in [2.05, 4.69) is 63.2 Å². The van der Waals surface area contributed by atoms with Crippen LogP contribution in [0.2, 0.25) is 0 Å². The minimum Gasteiger partial charge on any atom is -0.327 e. The van der Waals surface area contributed by atoms with Crippen LogP contribution in [0.3, 0.4) is 0 Å². The smallest absolute Gasteiger partial charge is 0.00780 e. The molecule has 21 heavy (non-hydrogen) atoms. The van der Waals surface area contributed by atoms with E-state index in [1.165, 1.54) is 35.6 Å². The van der Waals surface area contributed by atoms with E-state index in [0.717, 1.165) is 5.92 Å². The number of rotatable bonds is 2. The predicted molar refractivity (Wildman–Crippen MR) is 91.5 cm³/mol. The van der Waals surface area contributed by atoms with E-state index in [0.29, 0.717) is 12.0 Å². The summed E-state index contributed by atoms with van der Waals surface area (Å²) in [6, 6.07) is 15.8. The number of hydrogen-bond acceptors (Lipinski definition) is 1. The Morgan fingerprint density at radius 2 is 1.71 bits per heavy atom. The van der Waals surface area contributed by atoms with Crippen LogP contribution in [0.5, 0.6) is 0 Å². The van der Waals surface area contributed by atoms with Gasteiger partial charge in [0.2, 0.25) is 0 Å². The summed E-state index contributed by atoms with van der Waals surface area (Å²) >= 11 is 0. The highest BCUT2D eigenvalue weighted by atomic mass is 14.7. The van der Waals surface area contributed by atoms with Gasteiger partial charge >= 0.3 is 0 Å². The van der Waals surface area contributed by atoms with Crippen LogP contribution in [0, 0.1) is 11.8 Å². The molecule has 0 bridgehead atoms. The molecule has 1 aliphatic carbocycles. The molecule has 2 N–H and O–H groups in total. The van der Waals surface area contributed by atoms with Crippen molar-refractivity contribution in [2.45, 2.75) is 51.5 Å². The first-order chi connectivity index (χ1) is 9.98. The molecule has 1 saturated carbocycles. The van der Waals surface area contributed by atoms with Gasteiger partial charge < -0.3 is 5.73 Å². The summed E-state index contributed by atoms with van der Waals surface area (Å²) in [5.41, 5.74) is 8.07. The molecule has 0 heterocycles. The van der Waals surface area contributed by atoms with Crippen molar-refractivity contribution in [3.05, 3.63) is 48.0 Å². The van der Waals surface area contributed by atoms with Crippen LogP contribution in [-0.2, 0) is 5.41 Å². The first-order valence-corrected chi connectivity index (χ1v) is 8.23. The lowest BCUT2D eigenvalue weighted by Gasteiger charge is -2.43. The van der Waals surface area contributed by atoms with Gasteiger partial charge in [-0.1, -0.05) is 69.7 Å². The summed E-state index contributed by atoms with van der Waals surface area (Å²) in [5.74, 6) is 1.36. The summed E-state index contributed by atoms with van der Waals surface area (Å²) in [4.78, 5) is 0. The molecule has 0 spiro atoms. The Hall–Kier alpha value is -1.34. The maximum atomic E-state index is 6.51. The number of fused-ring (bicyclic) bond motifs is 1. The highest BCUT2D eigenvalue weighted by molar-refractivity contribution is 5.83. The Kier molecular flexibility index (Phi) is 3.79. The van der Waals surface area contributed by atoms with Gasteiger partial charge in [-0.25, -0.2) is 0 Å². The van der Waals surface area contributed by atoms with Crippen LogP contribution < -0.4 is 5.73 Å². The highest BCUT2D eigenvalue weighted by Gasteiger charge is 2.38. The maximum Gasteiger partial charge on any atom is 0.00780 e. The average Bonchev–Trinajstić information content (AvgIpc) is 2.46. The normalized spacial score (nSPS) is 27.0. The van der Waals surface area contributed by atoms with E-state index in [-0.39, 0.29) is 5.41 Å². The van der Waals surface area contributed by atoms with Gasteiger partial charge in [0.15, 0.2) is 0 Å². The van der Waals surface area contributed by atoms with Crippen LogP contribution >= 0.6 is 0 Å². The Morgan fingerprint density at radius 1 is 1.00 bits per heavy atom. The van der Waals surface area contributed by atoms with Crippen LogP contribution in [-0.4, -0.2) is 6.04 Å². The van der Waals surface area contributed by atoms with Crippen LogP contribution in [0.4, 0.5) is 0 Å². The zero-order valence-electron chi connectivity index (χ0n) is 13.5. The fourth-order valence-corrected chi connectivity index (χ4v) is 4.13. The summed E-state index contributed by atoms with van der Waals surface area (Å²) < 4.78 is 0. The van der Waals surface area contributed by atoms with Crippen molar-refractivity contribution in [3.8, 4) is 0 Å². The van der Waals surface area contributed by atoms with Gasteiger partial charge in [-0.2, -0.15) is 0 Å². The second-order valence-electron chi connectivity index (χ2n) is 7.47. The molecule has 1 nitrogen and oxygen atoms in total. The average molecular weight is 281 g/mol. The summed E-state index contributed by atoms with van der Waals surface area (Å²) in [6.07, 6.45) is 3.74. The second-order valence-corrected chi connectivity index (χ2v) is 7.47. The maximum absolute atomic E-state index is 6.51. The molecule has 1 aliphatic rings. The zero-order valence-corrected chi connectivity index (χ0v) is 13.5. The summed E-state index contributed by atoms with van der Waals surface area (Å²) in [7, 11) is 0. The lowest BCUT2D eigenvalue weighted by Crippen LogP contribution is -2.45. The second kappa shape index (κ2) is 5.46. The minimum atomic E-state index is 0.142. The number of hydrogen-bond donors (Lipinski definition) is 1. The standard InChI is InChI=1S/C20H27N/c1-14-8-11-18(19(21)12-14)20(2,3)17-10-9-15-6-4-5-7-16(15)13-17/h4-7,9-10,13-14,18-19H,8,11-12,21H2,1-3H3. The minimum absolute atomic E-state index is 0.142. The lowest BCUT2D eigenvalue weighted by atomic mass is 9.64. The third-order valence-corrected chi connectivity index (χ3v) is 5.58. The molecule has 0 saturated heterocycles. The van der Waals surface area contributed by atoms with E-state index in [4.69, 9.17) is 5.73 Å². The fourth-order valence-electron chi connectivity index (χ4n) is 4.13. The predicted octanol–water partition coefficient (Wildman–Crippen LogP) is 4.88. The Labute approximate surface area is 128 Å². The van der Waals surface area contributed by atoms with Gasteiger partial charge in [0.25, 0.3) is 0 Å². The summed E-state index contributed by atoms with van der Waals surface area (Å²) in [6.45, 7) is 7.08. The van der Waals surface area contributed by atoms with Gasteiger partial charge in [-0.05, 0) is 46.4 Å². The molecule has 112 valence electrons. The van der Waals surface area contributed by atoms with Crippen molar-refractivity contribution < 1.29 is 0 Å². The molecule has 1 fully saturated rings. The zero-order chi connectivity index (χ0) is 15.0. The molecule has 0 aliphatic heterocycles.